The molecule has 3 rings (SSSR count). The van der Waals surface area contributed by atoms with Crippen molar-refractivity contribution in [2.75, 3.05) is 22.7 Å². The maximum atomic E-state index is 13.5. The van der Waals surface area contributed by atoms with E-state index in [2.05, 4.69) is 15.7 Å². The number of nitrogens with zero attached hydrogens (tertiary/aromatic N) is 3. The number of carbonyl (C=O) groups excluding carboxylic acids is 1. The molecule has 11 nitrogen and oxygen atoms in total. The van der Waals surface area contributed by atoms with E-state index in [1.165, 1.54) is 31.3 Å². The number of ether oxygens (including phenoxy) is 1. The highest BCUT2D eigenvalue weighted by Crippen LogP contribution is 2.39. The van der Waals surface area contributed by atoms with Crippen molar-refractivity contribution in [1.82, 2.24) is 15.1 Å². The van der Waals surface area contributed by atoms with Gasteiger partial charge in [0.05, 0.1) is 30.7 Å². The Bertz CT molecular complexity index is 1080. The summed E-state index contributed by atoms with van der Waals surface area (Å²) in [5, 5.41) is 17.9. The predicted octanol–water partition coefficient (Wildman–Crippen LogP) is 1.39. The van der Waals surface area contributed by atoms with Crippen LogP contribution in [0.3, 0.4) is 0 Å². The molecule has 1 aromatic carbocycles. The molecule has 0 saturated carbocycles. The molecule has 1 aliphatic heterocycles. The van der Waals surface area contributed by atoms with Crippen molar-refractivity contribution in [2.24, 2.45) is 0 Å². The minimum atomic E-state index is -4.03. The number of aromatic nitrogens is 2. The van der Waals surface area contributed by atoms with Gasteiger partial charge in [-0.3, -0.25) is 19.1 Å². The van der Waals surface area contributed by atoms with Crippen LogP contribution in [0.1, 0.15) is 19.5 Å². The van der Waals surface area contributed by atoms with E-state index in [1.54, 1.807) is 11.6 Å². The summed E-state index contributed by atoms with van der Waals surface area (Å²) in [6.45, 7) is 5.44. The first-order chi connectivity index (χ1) is 14.1. The van der Waals surface area contributed by atoms with Crippen LogP contribution in [-0.2, 0) is 21.4 Å². The zero-order chi connectivity index (χ0) is 22.1. The quantitative estimate of drug-likeness (QED) is 0.620. The Labute approximate surface area is 173 Å². The number of anilines is 2. The Balaban J connectivity index is 2.06. The highest BCUT2D eigenvalue weighted by molar-refractivity contribution is 7.92. The van der Waals surface area contributed by atoms with Crippen molar-refractivity contribution < 1.29 is 27.9 Å². The fraction of sp³-hybridized carbons (Fsp3) is 0.389. The lowest BCUT2D eigenvalue weighted by Gasteiger charge is -2.35. The molecule has 0 aliphatic carbocycles. The molecule has 0 spiro atoms. The number of benzene rings is 1. The number of amides is 2. The standard InChI is InChI=1S/C18H23N5O6S/c1-4-22-11(2)17(9-20-22)30(27,28)23-10-14(8-19-12(3)24)29-16-6-5-13(7-15(16)23)21-18(25)26/h5-7,9,14,21H,4,8,10H2,1-3H3,(H,19,24)(H,25,26). The largest absolute Gasteiger partial charge is 0.484 e. The minimum Gasteiger partial charge on any atom is -0.484 e. The van der Waals surface area contributed by atoms with Gasteiger partial charge in [0.15, 0.2) is 0 Å². The van der Waals surface area contributed by atoms with Crippen LogP contribution in [0.4, 0.5) is 16.2 Å². The lowest BCUT2D eigenvalue weighted by atomic mass is 10.2. The lowest BCUT2D eigenvalue weighted by molar-refractivity contribution is -0.119. The normalized spacial score (nSPS) is 15.8. The van der Waals surface area contributed by atoms with Gasteiger partial charge >= 0.3 is 6.09 Å². The Hall–Kier alpha value is -3.28. The zero-order valence-electron chi connectivity index (χ0n) is 16.7. The minimum absolute atomic E-state index is 0.0482. The third kappa shape index (κ3) is 4.17. The van der Waals surface area contributed by atoms with Gasteiger partial charge in [-0.15, -0.1) is 0 Å². The first-order valence-electron chi connectivity index (χ1n) is 9.23. The van der Waals surface area contributed by atoms with E-state index < -0.39 is 22.2 Å². The highest BCUT2D eigenvalue weighted by Gasteiger charge is 2.36. The first-order valence-corrected chi connectivity index (χ1v) is 10.7. The van der Waals surface area contributed by atoms with Crippen LogP contribution >= 0.6 is 0 Å². The summed E-state index contributed by atoms with van der Waals surface area (Å²) < 4.78 is 35.6. The molecule has 0 saturated heterocycles. The Morgan fingerprint density at radius 1 is 1.37 bits per heavy atom. The molecule has 30 heavy (non-hydrogen) atoms. The summed E-state index contributed by atoms with van der Waals surface area (Å²) in [6, 6.07) is 4.36. The number of hydrogen-bond donors (Lipinski definition) is 3. The molecule has 0 bridgehead atoms. The molecular weight excluding hydrogens is 414 g/mol. The van der Waals surface area contributed by atoms with Gasteiger partial charge in [0, 0.05) is 19.2 Å². The van der Waals surface area contributed by atoms with E-state index in [4.69, 9.17) is 9.84 Å². The summed E-state index contributed by atoms with van der Waals surface area (Å²) in [4.78, 5) is 22.3. The lowest BCUT2D eigenvalue weighted by Crippen LogP contribution is -2.48. The van der Waals surface area contributed by atoms with Crippen molar-refractivity contribution >= 4 is 33.4 Å². The number of nitrogens with one attached hydrogen (secondary N) is 2. The molecule has 0 radical (unpaired) electrons. The van der Waals surface area contributed by atoms with Crippen LogP contribution in [-0.4, -0.2) is 54.5 Å². The second-order valence-corrected chi connectivity index (χ2v) is 8.57. The number of sulfonamides is 1. The second kappa shape index (κ2) is 8.22. The number of aryl methyl sites for hydroxylation is 1. The van der Waals surface area contributed by atoms with Crippen LogP contribution in [0, 0.1) is 6.92 Å². The first kappa shape index (κ1) is 21.4. The Kier molecular flexibility index (Phi) is 5.87. The van der Waals surface area contributed by atoms with Gasteiger partial charge in [-0.1, -0.05) is 0 Å². The molecule has 162 valence electrons. The van der Waals surface area contributed by atoms with Crippen LogP contribution in [0.25, 0.3) is 0 Å². The fourth-order valence-corrected chi connectivity index (χ4v) is 4.89. The van der Waals surface area contributed by atoms with E-state index in [0.717, 1.165) is 4.31 Å². The van der Waals surface area contributed by atoms with E-state index in [0.29, 0.717) is 12.2 Å². The molecule has 1 aliphatic rings. The molecular formula is C18H23N5O6S. The Morgan fingerprint density at radius 3 is 2.70 bits per heavy atom. The SMILES string of the molecule is CCn1ncc(S(=O)(=O)N2CC(CNC(C)=O)Oc3ccc(NC(=O)O)cc32)c1C. The summed E-state index contributed by atoms with van der Waals surface area (Å²) >= 11 is 0. The summed E-state index contributed by atoms with van der Waals surface area (Å²) in [5.74, 6) is -0.00321. The smallest absolute Gasteiger partial charge is 0.409 e. The van der Waals surface area contributed by atoms with E-state index in [9.17, 15) is 18.0 Å². The third-order valence-corrected chi connectivity index (χ3v) is 6.53. The third-order valence-electron chi connectivity index (χ3n) is 4.65. The Morgan fingerprint density at radius 2 is 2.10 bits per heavy atom. The van der Waals surface area contributed by atoms with Crippen molar-refractivity contribution in [3.05, 3.63) is 30.1 Å². The molecule has 0 fully saturated rings. The fourth-order valence-electron chi connectivity index (χ4n) is 3.22. The summed E-state index contributed by atoms with van der Waals surface area (Å²) in [5.41, 5.74) is 0.888. The van der Waals surface area contributed by atoms with Crippen LogP contribution < -0.4 is 19.7 Å². The van der Waals surface area contributed by atoms with Crippen molar-refractivity contribution in [3.8, 4) is 5.75 Å². The average Bonchev–Trinajstić information content (AvgIpc) is 3.06. The van der Waals surface area contributed by atoms with E-state index >= 15 is 0 Å². The number of hydrogen-bond acceptors (Lipinski definition) is 6. The molecule has 3 N–H and O–H groups in total. The van der Waals surface area contributed by atoms with Gasteiger partial charge in [-0.2, -0.15) is 5.10 Å². The molecule has 2 heterocycles. The van der Waals surface area contributed by atoms with E-state index in [1.807, 2.05) is 6.92 Å². The van der Waals surface area contributed by atoms with Gasteiger partial charge in [-0.05, 0) is 32.0 Å². The van der Waals surface area contributed by atoms with Gasteiger partial charge < -0.3 is 15.2 Å². The molecule has 1 aromatic heterocycles. The number of carbonyl (C=O) groups is 2. The summed E-state index contributed by atoms with van der Waals surface area (Å²) in [7, 11) is -4.03. The number of fused-ring (bicyclic) bond motifs is 1. The van der Waals surface area contributed by atoms with E-state index in [-0.39, 0.29) is 41.0 Å². The molecule has 2 amide bonds. The van der Waals surface area contributed by atoms with Crippen molar-refractivity contribution in [2.45, 2.75) is 38.3 Å². The zero-order valence-corrected chi connectivity index (χ0v) is 17.6. The maximum absolute atomic E-state index is 13.5. The van der Waals surface area contributed by atoms with Crippen molar-refractivity contribution in [1.29, 1.82) is 0 Å². The number of rotatable bonds is 6. The monoisotopic (exact) mass is 437 g/mol. The molecule has 1 atom stereocenters. The van der Waals surface area contributed by atoms with Gasteiger partial charge in [-0.25, -0.2) is 13.2 Å². The highest BCUT2D eigenvalue weighted by atomic mass is 32.2. The van der Waals surface area contributed by atoms with Crippen LogP contribution in [0.5, 0.6) is 5.75 Å². The topological polar surface area (TPSA) is 143 Å². The maximum Gasteiger partial charge on any atom is 0.409 e. The van der Waals surface area contributed by atoms with Crippen LogP contribution in [0.2, 0.25) is 0 Å². The van der Waals surface area contributed by atoms with Gasteiger partial charge in [0.1, 0.15) is 16.7 Å². The predicted molar refractivity (Wildman–Crippen MR) is 108 cm³/mol. The van der Waals surface area contributed by atoms with Crippen molar-refractivity contribution in [3.63, 3.8) is 0 Å². The van der Waals surface area contributed by atoms with Gasteiger partial charge in [0.25, 0.3) is 10.0 Å². The number of carboxylic acid groups (broad SMARTS) is 1. The second-order valence-electron chi connectivity index (χ2n) is 6.74. The molecule has 2 aromatic rings. The molecule has 12 heteroatoms. The van der Waals surface area contributed by atoms with Crippen LogP contribution in [0.15, 0.2) is 29.3 Å². The van der Waals surface area contributed by atoms with Gasteiger partial charge in [0.2, 0.25) is 5.91 Å². The molecule has 1 unspecified atom stereocenters. The average molecular weight is 437 g/mol. The summed E-state index contributed by atoms with van der Waals surface area (Å²) in [6.07, 6.45) is -0.605.